The van der Waals surface area contributed by atoms with Gasteiger partial charge in [0.05, 0.1) is 18.0 Å². The molecule has 0 aromatic heterocycles. The molecule has 0 fully saturated rings. The highest BCUT2D eigenvalue weighted by molar-refractivity contribution is 5.75. The van der Waals surface area contributed by atoms with Gasteiger partial charge in [0.2, 0.25) is 5.91 Å². The molecule has 0 bridgehead atoms. The summed E-state index contributed by atoms with van der Waals surface area (Å²) in [4.78, 5) is 12.9. The summed E-state index contributed by atoms with van der Waals surface area (Å²) in [6.07, 6.45) is 2.91. The number of carbonyl (C=O) groups is 1. The van der Waals surface area contributed by atoms with Gasteiger partial charge >= 0.3 is 0 Å². The van der Waals surface area contributed by atoms with Crippen LogP contribution in [0.1, 0.15) is 40.0 Å². The molecule has 1 amide bonds. The second-order valence-electron chi connectivity index (χ2n) is 4.84. The number of rotatable bonds is 8. The lowest BCUT2D eigenvalue weighted by atomic mass is 9.91. The van der Waals surface area contributed by atoms with E-state index in [2.05, 4.69) is 13.0 Å². The Morgan fingerprint density at radius 3 is 2.50 bits per heavy atom. The van der Waals surface area contributed by atoms with Crippen LogP contribution in [0.2, 0.25) is 0 Å². The molecule has 0 rings (SSSR count). The number of amides is 1. The zero-order chi connectivity index (χ0) is 12.6. The number of primary amides is 1. The first-order valence-electron chi connectivity index (χ1n) is 5.83. The quantitative estimate of drug-likeness (QED) is 0.680. The minimum Gasteiger partial charge on any atom is -0.369 e. The molecule has 0 aliphatic carbocycles. The van der Waals surface area contributed by atoms with Gasteiger partial charge in [0.1, 0.15) is 0 Å². The van der Waals surface area contributed by atoms with Crippen LogP contribution in [0.3, 0.4) is 0 Å². The van der Waals surface area contributed by atoms with Crippen molar-refractivity contribution in [3.8, 4) is 6.07 Å². The molecule has 0 aromatic carbocycles. The highest BCUT2D eigenvalue weighted by Gasteiger charge is 2.18. The van der Waals surface area contributed by atoms with Gasteiger partial charge in [-0.1, -0.05) is 13.3 Å². The third-order valence-electron chi connectivity index (χ3n) is 2.56. The maximum atomic E-state index is 10.9. The van der Waals surface area contributed by atoms with Crippen molar-refractivity contribution in [3.63, 3.8) is 0 Å². The van der Waals surface area contributed by atoms with Gasteiger partial charge in [-0.05, 0) is 33.2 Å². The Morgan fingerprint density at radius 1 is 1.44 bits per heavy atom. The summed E-state index contributed by atoms with van der Waals surface area (Å²) < 4.78 is 0. The fraction of sp³-hybridized carbons (Fsp3) is 0.833. The van der Waals surface area contributed by atoms with Gasteiger partial charge < -0.3 is 5.73 Å². The van der Waals surface area contributed by atoms with E-state index in [9.17, 15) is 4.79 Å². The summed E-state index contributed by atoms with van der Waals surface area (Å²) in [5, 5.41) is 8.90. The molecule has 2 N–H and O–H groups in total. The summed E-state index contributed by atoms with van der Waals surface area (Å²) in [5.41, 5.74) is 4.86. The molecule has 0 heterocycles. The molecule has 4 nitrogen and oxygen atoms in total. The van der Waals surface area contributed by atoms with Crippen LogP contribution in [-0.4, -0.2) is 30.4 Å². The van der Waals surface area contributed by atoms with Crippen molar-refractivity contribution in [1.82, 2.24) is 4.90 Å². The second-order valence-corrected chi connectivity index (χ2v) is 4.84. The molecule has 0 aromatic rings. The van der Waals surface area contributed by atoms with Crippen LogP contribution in [0.4, 0.5) is 0 Å². The maximum Gasteiger partial charge on any atom is 0.231 e. The number of nitrogens with two attached hydrogens (primary N) is 1. The fourth-order valence-corrected chi connectivity index (χ4v) is 1.37. The molecular formula is C12H23N3O. The van der Waals surface area contributed by atoms with Crippen LogP contribution in [0.15, 0.2) is 0 Å². The summed E-state index contributed by atoms with van der Waals surface area (Å²) in [6, 6.07) is 2.26. The minimum absolute atomic E-state index is 0.293. The van der Waals surface area contributed by atoms with Gasteiger partial charge in [-0.3, -0.25) is 9.69 Å². The van der Waals surface area contributed by atoms with Gasteiger partial charge in [0.15, 0.2) is 0 Å². The first-order valence-corrected chi connectivity index (χ1v) is 5.83. The largest absolute Gasteiger partial charge is 0.369 e. The highest BCUT2D eigenvalue weighted by Crippen LogP contribution is 2.18. The Kier molecular flexibility index (Phi) is 6.75. The van der Waals surface area contributed by atoms with E-state index in [1.165, 1.54) is 0 Å². The first kappa shape index (κ1) is 14.9. The normalized spacial score (nSPS) is 11.4. The third-order valence-corrected chi connectivity index (χ3v) is 2.56. The van der Waals surface area contributed by atoms with Crippen LogP contribution in [0.5, 0.6) is 0 Å². The van der Waals surface area contributed by atoms with Gasteiger partial charge in [0, 0.05) is 6.54 Å². The lowest BCUT2D eigenvalue weighted by Crippen LogP contribution is -2.36. The van der Waals surface area contributed by atoms with Crippen LogP contribution in [0, 0.1) is 16.7 Å². The van der Waals surface area contributed by atoms with Crippen LogP contribution in [-0.2, 0) is 4.79 Å². The van der Waals surface area contributed by atoms with Gasteiger partial charge in [-0.25, -0.2) is 0 Å². The highest BCUT2D eigenvalue weighted by atomic mass is 16.1. The number of unbranched alkanes of at least 4 members (excludes halogenated alkanes) is 1. The molecule has 0 spiro atoms. The molecule has 0 aliphatic rings. The summed E-state index contributed by atoms with van der Waals surface area (Å²) >= 11 is 0. The van der Waals surface area contributed by atoms with E-state index in [0.717, 1.165) is 32.4 Å². The van der Waals surface area contributed by atoms with Gasteiger partial charge in [-0.15, -0.1) is 0 Å². The Bertz CT molecular complexity index is 255. The molecule has 0 saturated carbocycles. The van der Waals surface area contributed by atoms with Crippen molar-refractivity contribution in [3.05, 3.63) is 0 Å². The number of hydrogen-bond acceptors (Lipinski definition) is 3. The van der Waals surface area contributed by atoms with Crippen molar-refractivity contribution >= 4 is 5.91 Å². The first-order chi connectivity index (χ1) is 7.41. The van der Waals surface area contributed by atoms with E-state index in [-0.39, 0.29) is 11.3 Å². The van der Waals surface area contributed by atoms with Gasteiger partial charge in [0.25, 0.3) is 0 Å². The van der Waals surface area contributed by atoms with Crippen molar-refractivity contribution in [2.24, 2.45) is 11.1 Å². The standard InChI is InChI=1S/C12H23N3O/c1-4-5-7-15(9-11(14)16)8-6-12(2,3)10-13/h4-9H2,1-3H3,(H2,14,16). The topological polar surface area (TPSA) is 70.1 Å². The Labute approximate surface area is 98.4 Å². The SMILES string of the molecule is CCCCN(CCC(C)(C)C#N)CC(N)=O. The van der Waals surface area contributed by atoms with Crippen molar-refractivity contribution in [1.29, 1.82) is 5.26 Å². The summed E-state index contributed by atoms with van der Waals surface area (Å²) in [7, 11) is 0. The molecule has 0 unspecified atom stereocenters. The summed E-state index contributed by atoms with van der Waals surface area (Å²) in [5.74, 6) is -0.300. The van der Waals surface area contributed by atoms with Crippen LogP contribution >= 0.6 is 0 Å². The van der Waals surface area contributed by atoms with E-state index in [4.69, 9.17) is 11.0 Å². The molecule has 4 heteroatoms. The van der Waals surface area contributed by atoms with E-state index < -0.39 is 0 Å². The smallest absolute Gasteiger partial charge is 0.231 e. The van der Waals surface area contributed by atoms with Crippen molar-refractivity contribution in [2.75, 3.05) is 19.6 Å². The second kappa shape index (κ2) is 7.24. The van der Waals surface area contributed by atoms with Gasteiger partial charge in [-0.2, -0.15) is 5.26 Å². The number of nitrogens with zero attached hydrogens (tertiary/aromatic N) is 2. The van der Waals surface area contributed by atoms with E-state index in [1.54, 1.807) is 0 Å². The van der Waals surface area contributed by atoms with E-state index in [1.807, 2.05) is 18.7 Å². The summed E-state index contributed by atoms with van der Waals surface area (Å²) in [6.45, 7) is 7.86. The average Bonchev–Trinajstić information content (AvgIpc) is 2.21. The predicted octanol–water partition coefficient (Wildman–Crippen LogP) is 1.51. The zero-order valence-corrected chi connectivity index (χ0v) is 10.6. The molecule has 0 saturated heterocycles. The molecule has 0 aliphatic heterocycles. The Hall–Kier alpha value is -1.08. The number of carbonyl (C=O) groups excluding carboxylic acids is 1. The number of nitriles is 1. The average molecular weight is 225 g/mol. The third kappa shape index (κ3) is 7.24. The van der Waals surface area contributed by atoms with E-state index in [0.29, 0.717) is 6.54 Å². The Morgan fingerprint density at radius 2 is 2.06 bits per heavy atom. The van der Waals surface area contributed by atoms with E-state index >= 15 is 0 Å². The van der Waals surface area contributed by atoms with Crippen LogP contribution < -0.4 is 5.73 Å². The van der Waals surface area contributed by atoms with Crippen molar-refractivity contribution < 1.29 is 4.79 Å². The zero-order valence-electron chi connectivity index (χ0n) is 10.6. The molecule has 0 atom stereocenters. The fourth-order valence-electron chi connectivity index (χ4n) is 1.37. The minimum atomic E-state index is -0.331. The molecular weight excluding hydrogens is 202 g/mol. The molecule has 16 heavy (non-hydrogen) atoms. The van der Waals surface area contributed by atoms with Crippen LogP contribution in [0.25, 0.3) is 0 Å². The molecule has 92 valence electrons. The number of hydrogen-bond donors (Lipinski definition) is 1. The maximum absolute atomic E-state index is 10.9. The lowest BCUT2D eigenvalue weighted by Gasteiger charge is -2.24. The Balaban J connectivity index is 4.11. The van der Waals surface area contributed by atoms with Crippen molar-refractivity contribution in [2.45, 2.75) is 40.0 Å². The monoisotopic (exact) mass is 225 g/mol. The predicted molar refractivity (Wildman–Crippen MR) is 64.6 cm³/mol. The molecule has 0 radical (unpaired) electrons. The lowest BCUT2D eigenvalue weighted by molar-refractivity contribution is -0.119.